The fraction of sp³-hybridized carbons (Fsp3) is 0.588. The van der Waals surface area contributed by atoms with Gasteiger partial charge in [0.05, 0.1) is 13.0 Å². The molecule has 7 heteroatoms. The van der Waals surface area contributed by atoms with E-state index in [1.807, 2.05) is 0 Å². The van der Waals surface area contributed by atoms with Crippen LogP contribution in [0.4, 0.5) is 5.82 Å². The van der Waals surface area contributed by atoms with Crippen molar-refractivity contribution in [1.82, 2.24) is 10.3 Å². The van der Waals surface area contributed by atoms with Gasteiger partial charge in [-0.3, -0.25) is 4.79 Å². The van der Waals surface area contributed by atoms with Crippen molar-refractivity contribution in [3.63, 3.8) is 0 Å². The first kappa shape index (κ1) is 17.0. The third-order valence-corrected chi connectivity index (χ3v) is 5.27. The number of amides is 1. The minimum Gasteiger partial charge on any atom is -0.464 e. The third kappa shape index (κ3) is 3.80. The minimum atomic E-state index is -0.479. The fourth-order valence-electron chi connectivity index (χ4n) is 3.59. The van der Waals surface area contributed by atoms with Crippen LogP contribution in [0.3, 0.4) is 0 Å². The molecule has 1 aliphatic carbocycles. The number of pyridine rings is 1. The molecule has 24 heavy (non-hydrogen) atoms. The lowest BCUT2D eigenvalue weighted by Crippen LogP contribution is -2.53. The summed E-state index contributed by atoms with van der Waals surface area (Å²) in [7, 11) is 1.32. The second-order valence-corrected chi connectivity index (χ2v) is 7.12. The molecule has 1 saturated heterocycles. The molecule has 2 heterocycles. The van der Waals surface area contributed by atoms with E-state index in [2.05, 4.69) is 20.4 Å². The van der Waals surface area contributed by atoms with E-state index in [0.717, 1.165) is 25.7 Å². The first-order valence-corrected chi connectivity index (χ1v) is 8.74. The largest absolute Gasteiger partial charge is 0.464 e. The van der Waals surface area contributed by atoms with Gasteiger partial charge in [-0.25, -0.2) is 9.78 Å². The van der Waals surface area contributed by atoms with Crippen molar-refractivity contribution in [1.29, 1.82) is 0 Å². The van der Waals surface area contributed by atoms with Crippen LogP contribution in [-0.4, -0.2) is 41.9 Å². The number of alkyl halides is 1. The van der Waals surface area contributed by atoms with E-state index in [0.29, 0.717) is 18.3 Å². The first-order chi connectivity index (χ1) is 11.6. The lowest BCUT2D eigenvalue weighted by molar-refractivity contribution is -0.129. The van der Waals surface area contributed by atoms with Gasteiger partial charge in [0.2, 0.25) is 5.91 Å². The second-order valence-electron chi connectivity index (χ2n) is 6.50. The highest BCUT2D eigenvalue weighted by atomic mass is 35.5. The highest BCUT2D eigenvalue weighted by Gasteiger charge is 2.38. The standard InChI is InChI=1S/C17H22ClN3O3/c1-24-17(23)14-3-2-4-15(20-14)19-9-11-7-10-8-12(18)5-6-13(10)21-16(11)22/h2-4,10-13H,5-9H2,1H3,(H,19,20)(H,21,22). The predicted molar refractivity (Wildman–Crippen MR) is 91.1 cm³/mol. The molecule has 130 valence electrons. The molecule has 1 aromatic rings. The summed E-state index contributed by atoms with van der Waals surface area (Å²) in [6.07, 6.45) is 3.73. The number of esters is 1. The number of halogens is 1. The summed E-state index contributed by atoms with van der Waals surface area (Å²) in [6, 6.07) is 5.37. The molecule has 2 fully saturated rings. The van der Waals surface area contributed by atoms with Gasteiger partial charge >= 0.3 is 5.97 Å². The quantitative estimate of drug-likeness (QED) is 0.642. The lowest BCUT2D eigenvalue weighted by atomic mass is 9.75. The molecular formula is C17H22ClN3O3. The van der Waals surface area contributed by atoms with E-state index in [9.17, 15) is 9.59 Å². The Hall–Kier alpha value is -1.82. The summed E-state index contributed by atoms with van der Waals surface area (Å²) < 4.78 is 4.67. The van der Waals surface area contributed by atoms with Gasteiger partial charge < -0.3 is 15.4 Å². The van der Waals surface area contributed by atoms with Crippen LogP contribution in [-0.2, 0) is 9.53 Å². The molecule has 4 atom stereocenters. The van der Waals surface area contributed by atoms with Gasteiger partial charge in [-0.15, -0.1) is 11.6 Å². The Kier molecular flexibility index (Phi) is 5.23. The number of hydrogen-bond donors (Lipinski definition) is 2. The number of hydrogen-bond acceptors (Lipinski definition) is 5. The number of carbonyl (C=O) groups excluding carboxylic acids is 2. The Labute approximate surface area is 146 Å². The molecule has 0 aromatic carbocycles. The maximum absolute atomic E-state index is 12.3. The normalized spacial score (nSPS) is 29.3. The lowest BCUT2D eigenvalue weighted by Gasteiger charge is -2.41. The highest BCUT2D eigenvalue weighted by molar-refractivity contribution is 6.20. The van der Waals surface area contributed by atoms with Gasteiger partial charge in [0.15, 0.2) is 5.69 Å². The molecule has 1 saturated carbocycles. The molecule has 1 aromatic heterocycles. The fourth-order valence-corrected chi connectivity index (χ4v) is 3.94. The highest BCUT2D eigenvalue weighted by Crippen LogP contribution is 2.35. The van der Waals surface area contributed by atoms with Gasteiger partial charge in [-0.05, 0) is 43.7 Å². The number of ether oxygens (including phenoxy) is 1. The van der Waals surface area contributed by atoms with E-state index < -0.39 is 5.97 Å². The van der Waals surface area contributed by atoms with Crippen molar-refractivity contribution in [3.8, 4) is 0 Å². The van der Waals surface area contributed by atoms with Crippen molar-refractivity contribution >= 4 is 29.3 Å². The van der Waals surface area contributed by atoms with Crippen LogP contribution < -0.4 is 10.6 Å². The molecule has 2 N–H and O–H groups in total. The van der Waals surface area contributed by atoms with Crippen LogP contribution in [0.1, 0.15) is 36.2 Å². The Morgan fingerprint density at radius 2 is 2.25 bits per heavy atom. The van der Waals surface area contributed by atoms with E-state index >= 15 is 0 Å². The van der Waals surface area contributed by atoms with Gasteiger partial charge in [0, 0.05) is 18.0 Å². The second kappa shape index (κ2) is 7.38. The van der Waals surface area contributed by atoms with Crippen LogP contribution in [0.5, 0.6) is 0 Å². The summed E-state index contributed by atoms with van der Waals surface area (Å²) in [5.74, 6) is 0.497. The van der Waals surface area contributed by atoms with Crippen LogP contribution in [0.25, 0.3) is 0 Å². The van der Waals surface area contributed by atoms with Crippen molar-refractivity contribution in [2.24, 2.45) is 11.8 Å². The summed E-state index contributed by atoms with van der Waals surface area (Å²) in [6.45, 7) is 0.486. The summed E-state index contributed by atoms with van der Waals surface area (Å²) in [4.78, 5) is 28.0. The Bertz CT molecular complexity index is 625. The van der Waals surface area contributed by atoms with Crippen LogP contribution in [0.2, 0.25) is 0 Å². The number of methoxy groups -OCH3 is 1. The zero-order valence-electron chi connectivity index (χ0n) is 13.6. The number of fused-ring (bicyclic) bond motifs is 1. The zero-order chi connectivity index (χ0) is 17.1. The molecule has 6 nitrogen and oxygen atoms in total. The van der Waals surface area contributed by atoms with Gasteiger partial charge in [0.25, 0.3) is 0 Å². The average molecular weight is 352 g/mol. The van der Waals surface area contributed by atoms with Crippen LogP contribution in [0.15, 0.2) is 18.2 Å². The number of piperidine rings is 1. The van der Waals surface area contributed by atoms with E-state index in [1.54, 1.807) is 18.2 Å². The van der Waals surface area contributed by atoms with E-state index in [4.69, 9.17) is 11.6 Å². The third-order valence-electron chi connectivity index (χ3n) is 4.88. The van der Waals surface area contributed by atoms with Gasteiger partial charge in [0.1, 0.15) is 5.82 Å². The zero-order valence-corrected chi connectivity index (χ0v) is 14.4. The molecule has 0 radical (unpaired) electrons. The molecule has 0 bridgehead atoms. The molecule has 1 amide bonds. The molecule has 4 unspecified atom stereocenters. The SMILES string of the molecule is COC(=O)c1cccc(NCC2CC3CC(Cl)CCC3NC2=O)n1. The maximum atomic E-state index is 12.3. The Balaban J connectivity index is 1.60. The number of anilines is 1. The smallest absolute Gasteiger partial charge is 0.356 e. The van der Waals surface area contributed by atoms with Crippen molar-refractivity contribution < 1.29 is 14.3 Å². The molecule has 2 aliphatic rings. The molecular weight excluding hydrogens is 330 g/mol. The number of rotatable bonds is 4. The monoisotopic (exact) mass is 351 g/mol. The van der Waals surface area contributed by atoms with E-state index in [-0.39, 0.29) is 28.9 Å². The Morgan fingerprint density at radius 3 is 3.04 bits per heavy atom. The van der Waals surface area contributed by atoms with Crippen LogP contribution >= 0.6 is 11.6 Å². The molecule has 1 aliphatic heterocycles. The van der Waals surface area contributed by atoms with Crippen molar-refractivity contribution in [3.05, 3.63) is 23.9 Å². The van der Waals surface area contributed by atoms with E-state index in [1.165, 1.54) is 7.11 Å². The number of nitrogens with zero attached hydrogens (tertiary/aromatic N) is 1. The average Bonchev–Trinajstić information content (AvgIpc) is 2.60. The Morgan fingerprint density at radius 1 is 1.42 bits per heavy atom. The topological polar surface area (TPSA) is 80.3 Å². The number of nitrogens with one attached hydrogen (secondary N) is 2. The van der Waals surface area contributed by atoms with Gasteiger partial charge in [-0.1, -0.05) is 6.07 Å². The summed E-state index contributed by atoms with van der Waals surface area (Å²) in [5.41, 5.74) is 0.243. The van der Waals surface area contributed by atoms with Crippen molar-refractivity contribution in [2.75, 3.05) is 19.0 Å². The summed E-state index contributed by atoms with van der Waals surface area (Å²) in [5, 5.41) is 6.51. The van der Waals surface area contributed by atoms with Crippen LogP contribution in [0, 0.1) is 11.8 Å². The summed E-state index contributed by atoms with van der Waals surface area (Å²) >= 11 is 6.27. The van der Waals surface area contributed by atoms with Crippen molar-refractivity contribution in [2.45, 2.75) is 37.1 Å². The maximum Gasteiger partial charge on any atom is 0.356 e. The minimum absolute atomic E-state index is 0.0842. The predicted octanol–water partition coefficient (Wildman–Crippen LogP) is 2.19. The molecule has 0 spiro atoms. The molecule has 3 rings (SSSR count). The van der Waals surface area contributed by atoms with Gasteiger partial charge in [-0.2, -0.15) is 0 Å². The number of carbonyl (C=O) groups is 2. The first-order valence-electron chi connectivity index (χ1n) is 8.30. The number of aromatic nitrogens is 1.